The fourth-order valence-corrected chi connectivity index (χ4v) is 2.87. The van der Waals surface area contributed by atoms with Crippen molar-refractivity contribution in [2.24, 2.45) is 0 Å². The highest BCUT2D eigenvalue weighted by Gasteiger charge is 2.42. The van der Waals surface area contributed by atoms with Gasteiger partial charge in [-0.2, -0.15) is 18.2 Å². The molecule has 0 radical (unpaired) electrons. The molecule has 120 valence electrons. The third-order valence-corrected chi connectivity index (χ3v) is 3.78. The third-order valence-electron chi connectivity index (χ3n) is 1.92. The second-order valence-electron chi connectivity index (χ2n) is 3.42. The summed E-state index contributed by atoms with van der Waals surface area (Å²) in [6.07, 6.45) is -10.7. The summed E-state index contributed by atoms with van der Waals surface area (Å²) in [5, 5.41) is -1.59. The number of pyridine rings is 1. The van der Waals surface area contributed by atoms with Gasteiger partial charge in [-0.3, -0.25) is 0 Å². The predicted octanol–water partition coefficient (Wildman–Crippen LogP) is 3.82. The zero-order valence-corrected chi connectivity index (χ0v) is 12.5. The van der Waals surface area contributed by atoms with E-state index in [1.807, 2.05) is 0 Å². The summed E-state index contributed by atoms with van der Waals surface area (Å²) in [4.78, 5) is 2.75. The van der Waals surface area contributed by atoms with E-state index < -0.39 is 49.0 Å². The van der Waals surface area contributed by atoms with E-state index in [0.29, 0.717) is 0 Å². The van der Waals surface area contributed by atoms with Gasteiger partial charge in [0, 0.05) is 21.6 Å². The van der Waals surface area contributed by atoms with Gasteiger partial charge in [-0.15, -0.1) is 13.2 Å². The van der Waals surface area contributed by atoms with Gasteiger partial charge >= 0.3 is 12.5 Å². The molecule has 0 amide bonds. The van der Waals surface area contributed by atoms with Crippen LogP contribution in [0.3, 0.4) is 0 Å². The van der Waals surface area contributed by atoms with E-state index >= 15 is 0 Å². The van der Waals surface area contributed by atoms with E-state index in [2.05, 4.69) is 25.7 Å². The Balaban J connectivity index is 3.66. The summed E-state index contributed by atoms with van der Waals surface area (Å²) in [6.45, 7) is 0. The van der Waals surface area contributed by atoms with Gasteiger partial charge in [0.25, 0.3) is 9.05 Å². The lowest BCUT2D eigenvalue weighted by molar-refractivity contribution is -0.278. The molecule has 0 saturated heterocycles. The quantitative estimate of drug-likeness (QED) is 0.422. The van der Waals surface area contributed by atoms with Crippen LogP contribution in [-0.2, 0) is 20.6 Å². The third kappa shape index (κ3) is 4.88. The van der Waals surface area contributed by atoms with Crippen LogP contribution in [0, 0.1) is 0 Å². The maximum atomic E-state index is 12.7. The number of alkyl halides is 7. The molecule has 1 heterocycles. The molecule has 0 aliphatic carbocycles. The Kier molecular flexibility index (Phi) is 5.05. The highest BCUT2D eigenvalue weighted by molar-refractivity contribution is 9.08. The molecule has 0 atom stereocenters. The van der Waals surface area contributed by atoms with Gasteiger partial charge in [0.1, 0.15) is 5.56 Å². The SMILES string of the molecule is O=S(=O)(Cl)c1nc(OC(F)(F)F)c(C(F)(F)F)cc1CBr. The maximum absolute atomic E-state index is 12.7. The van der Waals surface area contributed by atoms with Crippen molar-refractivity contribution in [1.29, 1.82) is 0 Å². The minimum absolute atomic E-state index is 0.165. The topological polar surface area (TPSA) is 56.3 Å². The number of aromatic nitrogens is 1. The molecule has 0 aromatic carbocycles. The van der Waals surface area contributed by atoms with E-state index in [1.165, 1.54) is 0 Å². The molecule has 1 aromatic rings. The van der Waals surface area contributed by atoms with Crippen LogP contribution in [-0.4, -0.2) is 19.8 Å². The monoisotopic (exact) mass is 421 g/mol. The van der Waals surface area contributed by atoms with Gasteiger partial charge in [0.2, 0.25) is 5.88 Å². The van der Waals surface area contributed by atoms with E-state index in [1.54, 1.807) is 0 Å². The van der Waals surface area contributed by atoms with E-state index in [0.717, 1.165) is 0 Å². The van der Waals surface area contributed by atoms with Crippen molar-refractivity contribution in [3.63, 3.8) is 0 Å². The molecule has 0 spiro atoms. The van der Waals surface area contributed by atoms with Crippen molar-refractivity contribution < 1.29 is 39.5 Å². The first-order valence-corrected chi connectivity index (χ1v) is 8.06. The van der Waals surface area contributed by atoms with Gasteiger partial charge in [-0.05, 0) is 6.07 Å². The van der Waals surface area contributed by atoms with Crippen molar-refractivity contribution >= 4 is 35.7 Å². The van der Waals surface area contributed by atoms with Crippen molar-refractivity contribution in [2.75, 3.05) is 0 Å². The Morgan fingerprint density at radius 1 is 1.24 bits per heavy atom. The minimum Gasteiger partial charge on any atom is -0.387 e. The molecular formula is C8H3BrClF6NO3S. The van der Waals surface area contributed by atoms with Crippen LogP contribution in [0.4, 0.5) is 26.3 Å². The first kappa shape index (κ1) is 18.3. The summed E-state index contributed by atoms with van der Waals surface area (Å²) in [5.41, 5.74) is -2.44. The maximum Gasteiger partial charge on any atom is 0.574 e. The van der Waals surface area contributed by atoms with Crippen molar-refractivity contribution in [2.45, 2.75) is 22.9 Å². The second-order valence-corrected chi connectivity index (χ2v) is 6.46. The molecule has 0 unspecified atom stereocenters. The smallest absolute Gasteiger partial charge is 0.387 e. The highest BCUT2D eigenvalue weighted by Crippen LogP contribution is 2.39. The normalized spacial score (nSPS) is 13.3. The van der Waals surface area contributed by atoms with Crippen LogP contribution in [0.1, 0.15) is 11.1 Å². The van der Waals surface area contributed by atoms with Gasteiger partial charge in [0.05, 0.1) is 0 Å². The van der Waals surface area contributed by atoms with Crippen LogP contribution in [0.25, 0.3) is 0 Å². The van der Waals surface area contributed by atoms with Crippen LogP contribution >= 0.6 is 26.6 Å². The van der Waals surface area contributed by atoms with Crippen molar-refractivity contribution in [3.05, 3.63) is 17.2 Å². The van der Waals surface area contributed by atoms with Crippen LogP contribution in [0.15, 0.2) is 11.1 Å². The average molecular weight is 423 g/mol. The fourth-order valence-electron chi connectivity index (χ4n) is 1.22. The second kappa shape index (κ2) is 5.80. The molecule has 1 rings (SSSR count). The molecular weight excluding hydrogens is 420 g/mol. The fraction of sp³-hybridized carbons (Fsp3) is 0.375. The molecule has 0 N–H and O–H groups in total. The lowest BCUT2D eigenvalue weighted by Crippen LogP contribution is -2.22. The molecule has 21 heavy (non-hydrogen) atoms. The summed E-state index contributed by atoms with van der Waals surface area (Å²) in [7, 11) is 0.254. The number of nitrogens with zero attached hydrogens (tertiary/aromatic N) is 1. The molecule has 0 bridgehead atoms. The Morgan fingerprint density at radius 2 is 1.76 bits per heavy atom. The van der Waals surface area contributed by atoms with E-state index in [4.69, 9.17) is 10.7 Å². The molecule has 1 aromatic heterocycles. The van der Waals surface area contributed by atoms with Gasteiger partial charge in [-0.25, -0.2) is 8.42 Å². The van der Waals surface area contributed by atoms with Crippen LogP contribution in [0.2, 0.25) is 0 Å². The lowest BCUT2D eigenvalue weighted by Gasteiger charge is -2.16. The Hall–Kier alpha value is -0.750. The first-order valence-electron chi connectivity index (χ1n) is 4.63. The van der Waals surface area contributed by atoms with Gasteiger partial charge < -0.3 is 4.74 Å². The zero-order chi connectivity index (χ0) is 16.6. The van der Waals surface area contributed by atoms with E-state index in [9.17, 15) is 34.8 Å². The van der Waals surface area contributed by atoms with Crippen molar-refractivity contribution in [3.8, 4) is 5.88 Å². The van der Waals surface area contributed by atoms with Gasteiger partial charge in [0.15, 0.2) is 5.03 Å². The minimum atomic E-state index is -5.49. The summed E-state index contributed by atoms with van der Waals surface area (Å²) in [6, 6.07) is 0.165. The van der Waals surface area contributed by atoms with Crippen LogP contribution in [0.5, 0.6) is 5.88 Å². The molecule has 0 aliphatic heterocycles. The zero-order valence-electron chi connectivity index (χ0n) is 9.39. The standard InChI is InChI=1S/C8H3BrClF6NO3S/c9-2-3-1-4(7(11,12)13)5(20-8(14,15)16)17-6(3)21(10,18)19/h1H,2H2. The highest BCUT2D eigenvalue weighted by atomic mass is 79.9. The number of ether oxygens (including phenoxy) is 1. The Morgan fingerprint density at radius 3 is 2.10 bits per heavy atom. The first-order chi connectivity index (χ1) is 9.25. The number of hydrogen-bond acceptors (Lipinski definition) is 4. The van der Waals surface area contributed by atoms with E-state index in [-0.39, 0.29) is 6.07 Å². The van der Waals surface area contributed by atoms with Gasteiger partial charge in [-0.1, -0.05) is 15.9 Å². The Bertz CT molecular complexity index is 645. The number of rotatable bonds is 3. The summed E-state index contributed by atoms with van der Waals surface area (Å²) in [5.74, 6) is -1.95. The summed E-state index contributed by atoms with van der Waals surface area (Å²) >= 11 is 2.69. The molecule has 0 saturated carbocycles. The molecule has 0 aliphatic rings. The Labute approximate surface area is 126 Å². The van der Waals surface area contributed by atoms with Crippen molar-refractivity contribution in [1.82, 2.24) is 4.98 Å². The average Bonchev–Trinajstić information content (AvgIpc) is 2.23. The molecule has 13 heteroatoms. The summed E-state index contributed by atoms with van der Waals surface area (Å²) < 4.78 is 99.8. The number of hydrogen-bond donors (Lipinski definition) is 0. The number of halogens is 8. The molecule has 4 nitrogen and oxygen atoms in total. The molecule has 0 fully saturated rings. The predicted molar refractivity (Wildman–Crippen MR) is 61.6 cm³/mol. The lowest BCUT2D eigenvalue weighted by atomic mass is 10.2. The van der Waals surface area contributed by atoms with Crippen LogP contribution < -0.4 is 4.74 Å². The largest absolute Gasteiger partial charge is 0.574 e.